The minimum absolute atomic E-state index is 0.640. The highest BCUT2D eigenvalue weighted by Crippen LogP contribution is 2.68. The van der Waals surface area contributed by atoms with E-state index in [1.165, 1.54) is 6.42 Å². The fourth-order valence-electron chi connectivity index (χ4n) is 5.28. The highest BCUT2D eigenvalue weighted by molar-refractivity contribution is 5.10. The lowest BCUT2D eigenvalue weighted by molar-refractivity contribution is -0.204. The Balaban J connectivity index is 2.25. The van der Waals surface area contributed by atoms with E-state index in [4.69, 9.17) is 0 Å². The van der Waals surface area contributed by atoms with Gasteiger partial charge in [-0.3, -0.25) is 0 Å². The number of hydrogen-bond acceptors (Lipinski definition) is 0. The summed E-state index contributed by atoms with van der Waals surface area (Å²) in [4.78, 5) is 0. The first kappa shape index (κ1) is 12.5. The van der Waals surface area contributed by atoms with Crippen LogP contribution in [0.3, 0.4) is 0 Å². The van der Waals surface area contributed by atoms with Gasteiger partial charge in [0.25, 0.3) is 0 Å². The Morgan fingerprint density at radius 3 is 2.06 bits per heavy atom. The standard InChI is InChI=1S/C16H30/c1-9(2)15-13(6)16(7)12(5)11(4)10(3)8-14(15)16/h9-15H,8H2,1-7H3. The van der Waals surface area contributed by atoms with Gasteiger partial charge in [-0.05, 0) is 53.3 Å². The van der Waals surface area contributed by atoms with Crippen LogP contribution >= 0.6 is 0 Å². The highest BCUT2D eigenvalue weighted by atomic mass is 14.7. The molecule has 0 heterocycles. The Labute approximate surface area is 102 Å². The molecule has 2 aliphatic rings. The summed E-state index contributed by atoms with van der Waals surface area (Å²) in [6.07, 6.45) is 1.48. The SMILES string of the molecule is CC(C)C1C(C)C2(C)C(C)C(C)C(C)CC12. The van der Waals surface area contributed by atoms with E-state index in [0.29, 0.717) is 5.41 Å². The minimum Gasteiger partial charge on any atom is -0.0625 e. The molecule has 0 bridgehead atoms. The van der Waals surface area contributed by atoms with E-state index in [-0.39, 0.29) is 0 Å². The minimum atomic E-state index is 0.640. The highest BCUT2D eigenvalue weighted by Gasteiger charge is 2.62. The Morgan fingerprint density at radius 1 is 1.00 bits per heavy atom. The lowest BCUT2D eigenvalue weighted by atomic mass is 9.36. The van der Waals surface area contributed by atoms with Gasteiger partial charge in [-0.1, -0.05) is 48.5 Å². The zero-order chi connectivity index (χ0) is 12.2. The van der Waals surface area contributed by atoms with Crippen LogP contribution in [0.1, 0.15) is 54.9 Å². The summed E-state index contributed by atoms with van der Waals surface area (Å²) < 4.78 is 0. The van der Waals surface area contributed by atoms with E-state index >= 15 is 0 Å². The van der Waals surface area contributed by atoms with Crippen molar-refractivity contribution in [3.05, 3.63) is 0 Å². The second kappa shape index (κ2) is 3.75. The van der Waals surface area contributed by atoms with Gasteiger partial charge < -0.3 is 0 Å². The zero-order valence-corrected chi connectivity index (χ0v) is 12.2. The molecule has 94 valence electrons. The molecule has 0 aromatic carbocycles. The van der Waals surface area contributed by atoms with Crippen LogP contribution in [0.25, 0.3) is 0 Å². The molecule has 0 N–H and O–H groups in total. The predicted octanol–water partition coefficient (Wildman–Crippen LogP) is 4.84. The quantitative estimate of drug-likeness (QED) is 0.595. The lowest BCUT2D eigenvalue weighted by Gasteiger charge is -2.68. The molecule has 0 aromatic rings. The Bertz CT molecular complexity index is 267. The van der Waals surface area contributed by atoms with E-state index in [2.05, 4.69) is 48.5 Å². The first-order valence-corrected chi connectivity index (χ1v) is 7.31. The maximum atomic E-state index is 2.58. The van der Waals surface area contributed by atoms with Gasteiger partial charge in [-0.2, -0.15) is 0 Å². The van der Waals surface area contributed by atoms with Gasteiger partial charge in [0.1, 0.15) is 0 Å². The van der Waals surface area contributed by atoms with Crippen LogP contribution in [-0.2, 0) is 0 Å². The molecular weight excluding hydrogens is 192 g/mol. The van der Waals surface area contributed by atoms with E-state index < -0.39 is 0 Å². The van der Waals surface area contributed by atoms with Crippen molar-refractivity contribution in [3.63, 3.8) is 0 Å². The smallest absolute Gasteiger partial charge is 0.0238 e. The third-order valence-electron chi connectivity index (χ3n) is 6.88. The van der Waals surface area contributed by atoms with E-state index in [1.54, 1.807) is 0 Å². The second-order valence-corrected chi connectivity index (χ2v) is 7.44. The third-order valence-corrected chi connectivity index (χ3v) is 6.88. The second-order valence-electron chi connectivity index (χ2n) is 7.44. The molecule has 2 saturated carbocycles. The molecule has 7 atom stereocenters. The van der Waals surface area contributed by atoms with Crippen molar-refractivity contribution in [1.29, 1.82) is 0 Å². The summed E-state index contributed by atoms with van der Waals surface area (Å²) in [7, 11) is 0. The number of fused-ring (bicyclic) bond motifs is 1. The van der Waals surface area contributed by atoms with Crippen LogP contribution in [0.15, 0.2) is 0 Å². The van der Waals surface area contributed by atoms with Crippen LogP contribution < -0.4 is 0 Å². The van der Waals surface area contributed by atoms with Crippen molar-refractivity contribution < 1.29 is 0 Å². The fourth-order valence-corrected chi connectivity index (χ4v) is 5.28. The lowest BCUT2D eigenvalue weighted by Crippen LogP contribution is -2.63. The van der Waals surface area contributed by atoms with Crippen molar-refractivity contribution in [2.75, 3.05) is 0 Å². The average Bonchev–Trinajstić information content (AvgIpc) is 2.22. The predicted molar refractivity (Wildman–Crippen MR) is 71.2 cm³/mol. The molecule has 0 amide bonds. The molecule has 0 aliphatic heterocycles. The molecule has 2 rings (SSSR count). The molecule has 0 saturated heterocycles. The first-order valence-electron chi connectivity index (χ1n) is 7.31. The maximum Gasteiger partial charge on any atom is -0.0238 e. The van der Waals surface area contributed by atoms with E-state index in [1.807, 2.05) is 0 Å². The molecule has 2 fully saturated rings. The summed E-state index contributed by atoms with van der Waals surface area (Å²) in [5.74, 6) is 6.55. The van der Waals surface area contributed by atoms with Gasteiger partial charge in [-0.25, -0.2) is 0 Å². The molecular formula is C16H30. The van der Waals surface area contributed by atoms with Gasteiger partial charge in [-0.15, -0.1) is 0 Å². The molecule has 7 unspecified atom stereocenters. The summed E-state index contributed by atoms with van der Waals surface area (Å²) in [5, 5.41) is 0. The Kier molecular flexibility index (Phi) is 2.92. The van der Waals surface area contributed by atoms with Crippen LogP contribution in [0.2, 0.25) is 0 Å². The topological polar surface area (TPSA) is 0 Å². The molecule has 2 aliphatic carbocycles. The van der Waals surface area contributed by atoms with Crippen molar-refractivity contribution in [2.24, 2.45) is 46.8 Å². The van der Waals surface area contributed by atoms with Gasteiger partial charge in [0.15, 0.2) is 0 Å². The molecule has 0 aromatic heterocycles. The Morgan fingerprint density at radius 2 is 1.56 bits per heavy atom. The van der Waals surface area contributed by atoms with Gasteiger partial charge >= 0.3 is 0 Å². The van der Waals surface area contributed by atoms with Crippen molar-refractivity contribution in [3.8, 4) is 0 Å². The van der Waals surface area contributed by atoms with Crippen LogP contribution in [0.5, 0.6) is 0 Å². The van der Waals surface area contributed by atoms with Gasteiger partial charge in [0.2, 0.25) is 0 Å². The normalized spacial score (nSPS) is 57.0. The number of hydrogen-bond donors (Lipinski definition) is 0. The Hall–Kier alpha value is 0. The van der Waals surface area contributed by atoms with E-state index in [9.17, 15) is 0 Å². The maximum absolute atomic E-state index is 2.58. The first-order chi connectivity index (χ1) is 7.31. The molecule has 16 heavy (non-hydrogen) atoms. The monoisotopic (exact) mass is 222 g/mol. The van der Waals surface area contributed by atoms with Crippen molar-refractivity contribution in [2.45, 2.75) is 54.9 Å². The van der Waals surface area contributed by atoms with Crippen molar-refractivity contribution >= 4 is 0 Å². The van der Waals surface area contributed by atoms with Crippen LogP contribution in [0.4, 0.5) is 0 Å². The van der Waals surface area contributed by atoms with Gasteiger partial charge in [0.05, 0.1) is 0 Å². The largest absolute Gasteiger partial charge is 0.0625 e. The zero-order valence-electron chi connectivity index (χ0n) is 12.2. The molecule has 0 spiro atoms. The third kappa shape index (κ3) is 1.34. The van der Waals surface area contributed by atoms with Crippen LogP contribution in [-0.4, -0.2) is 0 Å². The van der Waals surface area contributed by atoms with Gasteiger partial charge in [0, 0.05) is 0 Å². The summed E-state index contributed by atoms with van der Waals surface area (Å²) in [6.45, 7) is 17.4. The molecule has 0 radical (unpaired) electrons. The molecule has 0 heteroatoms. The van der Waals surface area contributed by atoms with E-state index in [0.717, 1.165) is 41.4 Å². The fraction of sp³-hybridized carbons (Fsp3) is 1.00. The summed E-state index contributed by atoms with van der Waals surface area (Å²) in [5.41, 5.74) is 0.640. The summed E-state index contributed by atoms with van der Waals surface area (Å²) in [6, 6.07) is 0. The molecule has 0 nitrogen and oxygen atoms in total. The summed E-state index contributed by atoms with van der Waals surface area (Å²) >= 11 is 0. The average molecular weight is 222 g/mol. The van der Waals surface area contributed by atoms with Crippen LogP contribution in [0, 0.1) is 46.8 Å². The number of rotatable bonds is 1. The van der Waals surface area contributed by atoms with Crippen molar-refractivity contribution in [1.82, 2.24) is 0 Å².